The van der Waals surface area contributed by atoms with Crippen LogP contribution in [-0.4, -0.2) is 23.7 Å². The van der Waals surface area contributed by atoms with E-state index in [0.717, 1.165) is 29.4 Å². The van der Waals surface area contributed by atoms with Crippen LogP contribution in [0, 0.1) is 0 Å². The van der Waals surface area contributed by atoms with E-state index in [1.165, 1.54) is 0 Å². The van der Waals surface area contributed by atoms with Gasteiger partial charge in [-0.1, -0.05) is 6.07 Å². The van der Waals surface area contributed by atoms with Crippen LogP contribution in [0.3, 0.4) is 0 Å². The first-order valence-corrected chi connectivity index (χ1v) is 6.15. The van der Waals surface area contributed by atoms with Gasteiger partial charge < -0.3 is 19.4 Å². The molecule has 0 unspecified atom stereocenters. The quantitative estimate of drug-likeness (QED) is 0.860. The van der Waals surface area contributed by atoms with E-state index in [2.05, 4.69) is 10.3 Å². The SMILES string of the molecule is CNCc1ccc(OCc2nccn2C)c(OC)c1. The van der Waals surface area contributed by atoms with E-state index in [1.54, 1.807) is 13.3 Å². The maximum Gasteiger partial charge on any atom is 0.161 e. The van der Waals surface area contributed by atoms with Gasteiger partial charge in [0, 0.05) is 26.0 Å². The molecule has 0 amide bonds. The van der Waals surface area contributed by atoms with Gasteiger partial charge in [-0.15, -0.1) is 0 Å². The number of rotatable bonds is 6. The van der Waals surface area contributed by atoms with Crippen molar-refractivity contribution in [2.24, 2.45) is 7.05 Å². The first-order valence-electron chi connectivity index (χ1n) is 6.15. The molecule has 1 heterocycles. The molecule has 0 aliphatic heterocycles. The van der Waals surface area contributed by atoms with Crippen molar-refractivity contribution in [3.63, 3.8) is 0 Å². The van der Waals surface area contributed by atoms with Crippen LogP contribution in [0.25, 0.3) is 0 Å². The van der Waals surface area contributed by atoms with Crippen molar-refractivity contribution >= 4 is 0 Å². The number of hydrogen-bond acceptors (Lipinski definition) is 4. The van der Waals surface area contributed by atoms with Gasteiger partial charge in [0.25, 0.3) is 0 Å². The van der Waals surface area contributed by atoms with E-state index >= 15 is 0 Å². The summed E-state index contributed by atoms with van der Waals surface area (Å²) in [6, 6.07) is 5.92. The summed E-state index contributed by atoms with van der Waals surface area (Å²) in [5.74, 6) is 2.34. The van der Waals surface area contributed by atoms with E-state index in [-0.39, 0.29) is 0 Å². The fraction of sp³-hybridized carbons (Fsp3) is 0.357. The monoisotopic (exact) mass is 261 g/mol. The van der Waals surface area contributed by atoms with Gasteiger partial charge in [-0.05, 0) is 24.7 Å². The highest BCUT2D eigenvalue weighted by atomic mass is 16.5. The minimum Gasteiger partial charge on any atom is -0.493 e. The van der Waals surface area contributed by atoms with Crippen LogP contribution in [0.5, 0.6) is 11.5 Å². The molecule has 0 fully saturated rings. The van der Waals surface area contributed by atoms with Gasteiger partial charge >= 0.3 is 0 Å². The molecule has 1 N–H and O–H groups in total. The third kappa shape index (κ3) is 3.26. The predicted molar refractivity (Wildman–Crippen MR) is 73.3 cm³/mol. The lowest BCUT2D eigenvalue weighted by Gasteiger charge is -2.12. The van der Waals surface area contributed by atoms with Gasteiger partial charge in [0.05, 0.1) is 7.11 Å². The molecule has 1 aromatic heterocycles. The Balaban J connectivity index is 2.09. The molecule has 19 heavy (non-hydrogen) atoms. The summed E-state index contributed by atoms with van der Waals surface area (Å²) in [7, 11) is 5.50. The number of aromatic nitrogens is 2. The molecule has 5 heteroatoms. The molecule has 2 rings (SSSR count). The van der Waals surface area contributed by atoms with Crippen molar-refractivity contribution in [2.75, 3.05) is 14.2 Å². The van der Waals surface area contributed by atoms with Crippen LogP contribution in [0.15, 0.2) is 30.6 Å². The molecular weight excluding hydrogens is 242 g/mol. The largest absolute Gasteiger partial charge is 0.493 e. The molecule has 0 spiro atoms. The summed E-state index contributed by atoms with van der Waals surface area (Å²) in [5.41, 5.74) is 1.16. The summed E-state index contributed by atoms with van der Waals surface area (Å²) in [5, 5.41) is 3.11. The zero-order valence-corrected chi connectivity index (χ0v) is 11.5. The number of aryl methyl sites for hydroxylation is 1. The lowest BCUT2D eigenvalue weighted by molar-refractivity contribution is 0.273. The Kier molecular flexibility index (Phi) is 4.41. The fourth-order valence-electron chi connectivity index (χ4n) is 1.82. The average Bonchev–Trinajstić information content (AvgIpc) is 2.83. The maximum absolute atomic E-state index is 5.76. The van der Waals surface area contributed by atoms with Crippen LogP contribution in [0.4, 0.5) is 0 Å². The zero-order chi connectivity index (χ0) is 13.7. The van der Waals surface area contributed by atoms with E-state index in [0.29, 0.717) is 6.61 Å². The van der Waals surface area contributed by atoms with Crippen molar-refractivity contribution in [3.05, 3.63) is 42.0 Å². The second kappa shape index (κ2) is 6.24. The van der Waals surface area contributed by atoms with Gasteiger partial charge in [-0.3, -0.25) is 0 Å². The number of methoxy groups -OCH3 is 1. The zero-order valence-electron chi connectivity index (χ0n) is 11.5. The molecule has 0 saturated carbocycles. The number of hydrogen-bond donors (Lipinski definition) is 1. The first-order chi connectivity index (χ1) is 9.24. The molecule has 0 saturated heterocycles. The predicted octanol–water partition coefficient (Wildman–Crippen LogP) is 1.73. The first kappa shape index (κ1) is 13.4. The summed E-state index contributed by atoms with van der Waals surface area (Å²) >= 11 is 0. The molecule has 102 valence electrons. The number of ether oxygens (including phenoxy) is 2. The number of benzene rings is 1. The van der Waals surface area contributed by atoms with Crippen molar-refractivity contribution < 1.29 is 9.47 Å². The third-order valence-corrected chi connectivity index (χ3v) is 2.89. The third-order valence-electron chi connectivity index (χ3n) is 2.89. The van der Waals surface area contributed by atoms with Crippen LogP contribution >= 0.6 is 0 Å². The molecular formula is C14H19N3O2. The van der Waals surface area contributed by atoms with Crippen molar-refractivity contribution in [3.8, 4) is 11.5 Å². The summed E-state index contributed by atoms with van der Waals surface area (Å²) in [4.78, 5) is 4.22. The van der Waals surface area contributed by atoms with E-state index in [9.17, 15) is 0 Å². The number of imidazole rings is 1. The minimum atomic E-state index is 0.422. The molecule has 0 radical (unpaired) electrons. The maximum atomic E-state index is 5.76. The Morgan fingerprint density at radius 2 is 2.16 bits per heavy atom. The normalized spacial score (nSPS) is 10.5. The van der Waals surface area contributed by atoms with Crippen LogP contribution < -0.4 is 14.8 Å². The highest BCUT2D eigenvalue weighted by Crippen LogP contribution is 2.28. The van der Waals surface area contributed by atoms with E-state index < -0.39 is 0 Å². The van der Waals surface area contributed by atoms with Crippen LogP contribution in [0.2, 0.25) is 0 Å². The second-order valence-electron chi connectivity index (χ2n) is 4.26. The van der Waals surface area contributed by atoms with Crippen LogP contribution in [0.1, 0.15) is 11.4 Å². The molecule has 0 aliphatic rings. The van der Waals surface area contributed by atoms with Crippen molar-refractivity contribution in [1.29, 1.82) is 0 Å². The minimum absolute atomic E-state index is 0.422. The van der Waals surface area contributed by atoms with E-state index in [1.807, 2.05) is 43.1 Å². The van der Waals surface area contributed by atoms with Gasteiger partial charge in [0.1, 0.15) is 12.4 Å². The Hall–Kier alpha value is -2.01. The standard InChI is InChI=1S/C14H19N3O2/c1-15-9-11-4-5-12(13(8-11)18-3)19-10-14-16-6-7-17(14)2/h4-8,15H,9-10H2,1-3H3. The average molecular weight is 261 g/mol. The van der Waals surface area contributed by atoms with Gasteiger partial charge in [0.2, 0.25) is 0 Å². The van der Waals surface area contributed by atoms with Crippen molar-refractivity contribution in [2.45, 2.75) is 13.2 Å². The fourth-order valence-corrected chi connectivity index (χ4v) is 1.82. The molecule has 1 aromatic carbocycles. The van der Waals surface area contributed by atoms with Crippen molar-refractivity contribution in [1.82, 2.24) is 14.9 Å². The number of nitrogens with zero attached hydrogens (tertiary/aromatic N) is 2. The van der Waals surface area contributed by atoms with E-state index in [4.69, 9.17) is 9.47 Å². The van der Waals surface area contributed by atoms with Crippen LogP contribution in [-0.2, 0) is 20.2 Å². The molecule has 0 atom stereocenters. The Morgan fingerprint density at radius 1 is 1.32 bits per heavy atom. The Labute approximate surface area is 113 Å². The Morgan fingerprint density at radius 3 is 2.79 bits per heavy atom. The number of nitrogens with one attached hydrogen (secondary N) is 1. The topological polar surface area (TPSA) is 48.3 Å². The van der Waals surface area contributed by atoms with Gasteiger partial charge in [-0.25, -0.2) is 4.98 Å². The Bertz CT molecular complexity index is 537. The highest BCUT2D eigenvalue weighted by Gasteiger charge is 2.07. The smallest absolute Gasteiger partial charge is 0.161 e. The lowest BCUT2D eigenvalue weighted by Crippen LogP contribution is -2.06. The summed E-state index contributed by atoms with van der Waals surface area (Å²) in [6.45, 7) is 1.22. The molecule has 2 aromatic rings. The molecule has 0 bridgehead atoms. The van der Waals surface area contributed by atoms with Gasteiger partial charge in [-0.2, -0.15) is 0 Å². The lowest BCUT2D eigenvalue weighted by atomic mass is 10.2. The highest BCUT2D eigenvalue weighted by molar-refractivity contribution is 5.42. The van der Waals surface area contributed by atoms with Gasteiger partial charge in [0.15, 0.2) is 11.5 Å². The summed E-state index contributed by atoms with van der Waals surface area (Å²) < 4.78 is 13.0. The summed E-state index contributed by atoms with van der Waals surface area (Å²) in [6.07, 6.45) is 3.65. The molecule has 5 nitrogen and oxygen atoms in total. The second-order valence-corrected chi connectivity index (χ2v) is 4.26. The molecule has 0 aliphatic carbocycles.